The third kappa shape index (κ3) is 5.82. The Morgan fingerprint density at radius 3 is 2.58 bits per heavy atom. The van der Waals surface area contributed by atoms with Gasteiger partial charge in [-0.3, -0.25) is 9.59 Å². The number of amides is 1. The fraction of sp³-hybridized carbons (Fsp3) is 0.182. The molecule has 4 rings (SSSR count). The molecule has 0 spiro atoms. The van der Waals surface area contributed by atoms with E-state index in [-0.39, 0.29) is 24.7 Å². The molecular weight excluding hydrogens is 469 g/mol. The van der Waals surface area contributed by atoms with Gasteiger partial charge in [-0.1, -0.05) is 24.3 Å². The second kappa shape index (κ2) is 10.4. The molecule has 3 heterocycles. The van der Waals surface area contributed by atoms with Crippen LogP contribution < -0.4 is 11.1 Å². The second-order valence-electron chi connectivity index (χ2n) is 6.85. The van der Waals surface area contributed by atoms with E-state index in [1.54, 1.807) is 24.3 Å². The van der Waals surface area contributed by atoms with Gasteiger partial charge < -0.3 is 14.5 Å². The topological polar surface area (TPSA) is 103 Å². The summed E-state index contributed by atoms with van der Waals surface area (Å²) in [6, 6.07) is 12.6. The summed E-state index contributed by atoms with van der Waals surface area (Å²) in [5, 5.41) is 10.6. The zero-order valence-corrected chi connectivity index (χ0v) is 18.7. The van der Waals surface area contributed by atoms with Crippen LogP contribution in [0.15, 0.2) is 68.5 Å². The average Bonchev–Trinajstić information content (AvgIpc) is 3.58. The van der Waals surface area contributed by atoms with Crippen LogP contribution in [0.4, 0.5) is 4.39 Å². The molecule has 1 aromatic carbocycles. The molecule has 11 heteroatoms. The summed E-state index contributed by atoms with van der Waals surface area (Å²) in [7, 11) is 0. The van der Waals surface area contributed by atoms with Gasteiger partial charge in [0.2, 0.25) is 0 Å². The van der Waals surface area contributed by atoms with E-state index in [1.165, 1.54) is 34.8 Å². The first-order chi connectivity index (χ1) is 16.0. The lowest BCUT2D eigenvalue weighted by Crippen LogP contribution is -2.33. The molecule has 0 radical (unpaired) electrons. The van der Waals surface area contributed by atoms with Crippen molar-refractivity contribution < 1.29 is 23.1 Å². The van der Waals surface area contributed by atoms with Crippen molar-refractivity contribution in [2.24, 2.45) is 0 Å². The molecule has 0 saturated carbocycles. The first-order valence-electron chi connectivity index (χ1n) is 9.85. The third-order valence-corrected chi connectivity index (χ3v) is 6.36. The van der Waals surface area contributed by atoms with Crippen LogP contribution in [0.1, 0.15) is 22.9 Å². The number of nitrogens with one attached hydrogen (secondary N) is 1. The largest absolute Gasteiger partial charge is 0.456 e. The van der Waals surface area contributed by atoms with Crippen molar-refractivity contribution >= 4 is 34.6 Å². The number of carbonyl (C=O) groups is 2. The van der Waals surface area contributed by atoms with Crippen LogP contribution >= 0.6 is 22.7 Å². The van der Waals surface area contributed by atoms with Gasteiger partial charge in [0.15, 0.2) is 6.61 Å². The number of esters is 1. The normalized spacial score (nSPS) is 11.8. The summed E-state index contributed by atoms with van der Waals surface area (Å²) < 4.78 is 24.4. The van der Waals surface area contributed by atoms with Crippen molar-refractivity contribution in [1.29, 1.82) is 0 Å². The highest BCUT2D eigenvalue weighted by Gasteiger charge is 2.19. The Morgan fingerprint density at radius 1 is 1.12 bits per heavy atom. The van der Waals surface area contributed by atoms with Crippen LogP contribution in [0, 0.1) is 5.82 Å². The van der Waals surface area contributed by atoms with E-state index in [9.17, 15) is 18.8 Å². The van der Waals surface area contributed by atoms with Crippen molar-refractivity contribution in [3.05, 3.63) is 86.1 Å². The molecule has 33 heavy (non-hydrogen) atoms. The summed E-state index contributed by atoms with van der Waals surface area (Å²) in [6.07, 6.45) is -0.157. The zero-order valence-electron chi connectivity index (χ0n) is 17.1. The van der Waals surface area contributed by atoms with Crippen LogP contribution in [0.3, 0.4) is 0 Å². The maximum Gasteiger partial charge on any atom is 0.437 e. The van der Waals surface area contributed by atoms with Crippen molar-refractivity contribution in [3.63, 3.8) is 0 Å². The molecule has 0 aliphatic rings. The number of thiophene rings is 2. The number of rotatable bonds is 9. The monoisotopic (exact) mass is 487 g/mol. The van der Waals surface area contributed by atoms with Gasteiger partial charge in [-0.25, -0.2) is 9.18 Å². The van der Waals surface area contributed by atoms with Crippen molar-refractivity contribution in [2.45, 2.75) is 19.0 Å². The summed E-state index contributed by atoms with van der Waals surface area (Å²) in [5.41, 5.74) is 0.700. The minimum atomic E-state index is -0.679. The van der Waals surface area contributed by atoms with E-state index in [4.69, 9.17) is 9.15 Å². The first-order valence-corrected chi connectivity index (χ1v) is 11.6. The molecule has 1 N–H and O–H groups in total. The molecule has 4 aromatic rings. The van der Waals surface area contributed by atoms with E-state index in [0.29, 0.717) is 10.4 Å². The lowest BCUT2D eigenvalue weighted by Gasteiger charge is -2.18. The number of halogens is 1. The quantitative estimate of drug-likeness (QED) is 0.362. The van der Waals surface area contributed by atoms with Gasteiger partial charge in [-0.2, -0.15) is 4.68 Å². The number of carbonyl (C=O) groups excluding carboxylic acids is 2. The standard InChI is InChI=1S/C22H18FN3O5S2/c23-15-7-5-14(6-8-15)20(16-3-1-11-32-16)24-18(27)13-30-19(28)9-10-26-22(29)31-21(25-26)17-4-2-12-33-17/h1-8,11-12,20H,9-10,13H2,(H,24,27). The fourth-order valence-electron chi connectivity index (χ4n) is 2.99. The molecule has 1 unspecified atom stereocenters. The van der Waals surface area contributed by atoms with E-state index in [2.05, 4.69) is 10.4 Å². The molecule has 8 nitrogen and oxygen atoms in total. The van der Waals surface area contributed by atoms with Gasteiger partial charge in [-0.05, 0) is 40.6 Å². The first kappa shape index (κ1) is 22.6. The molecule has 0 aliphatic heterocycles. The van der Waals surface area contributed by atoms with Gasteiger partial charge in [0, 0.05) is 4.88 Å². The molecule has 0 saturated heterocycles. The van der Waals surface area contributed by atoms with Crippen LogP contribution in [-0.2, 0) is 20.9 Å². The number of aryl methyl sites for hydroxylation is 1. The number of benzene rings is 1. The minimum absolute atomic E-state index is 0.0401. The maximum atomic E-state index is 13.3. The lowest BCUT2D eigenvalue weighted by molar-refractivity contribution is -0.148. The Hall–Kier alpha value is -3.57. The van der Waals surface area contributed by atoms with Crippen molar-refractivity contribution in [3.8, 4) is 10.8 Å². The van der Waals surface area contributed by atoms with Crippen LogP contribution in [0.25, 0.3) is 10.8 Å². The van der Waals surface area contributed by atoms with Crippen LogP contribution in [0.2, 0.25) is 0 Å². The molecule has 170 valence electrons. The van der Waals surface area contributed by atoms with Gasteiger partial charge in [0.1, 0.15) is 5.82 Å². The van der Waals surface area contributed by atoms with Gasteiger partial charge in [-0.15, -0.1) is 27.8 Å². The molecule has 0 aliphatic carbocycles. The Kier molecular flexibility index (Phi) is 7.10. The molecule has 0 bridgehead atoms. The summed E-state index contributed by atoms with van der Waals surface area (Å²) >= 11 is 2.81. The predicted molar refractivity (Wildman–Crippen MR) is 120 cm³/mol. The summed E-state index contributed by atoms with van der Waals surface area (Å²) in [6.45, 7) is -0.530. The van der Waals surface area contributed by atoms with Crippen LogP contribution in [-0.4, -0.2) is 28.3 Å². The van der Waals surface area contributed by atoms with Gasteiger partial charge >= 0.3 is 11.7 Å². The number of ether oxygens (including phenoxy) is 1. The lowest BCUT2D eigenvalue weighted by atomic mass is 10.1. The number of hydrogen-bond donors (Lipinski definition) is 1. The highest BCUT2D eigenvalue weighted by molar-refractivity contribution is 7.13. The zero-order chi connectivity index (χ0) is 23.2. The minimum Gasteiger partial charge on any atom is -0.456 e. The Morgan fingerprint density at radius 2 is 1.88 bits per heavy atom. The smallest absolute Gasteiger partial charge is 0.437 e. The average molecular weight is 488 g/mol. The number of aromatic nitrogens is 2. The summed E-state index contributed by atoms with van der Waals surface area (Å²) in [4.78, 5) is 38.0. The highest BCUT2D eigenvalue weighted by Crippen LogP contribution is 2.26. The van der Waals surface area contributed by atoms with Crippen molar-refractivity contribution in [1.82, 2.24) is 15.1 Å². The Balaban J connectivity index is 1.30. The number of hydrogen-bond acceptors (Lipinski definition) is 8. The Bertz CT molecular complexity index is 1260. The SMILES string of the molecule is O=C(COC(=O)CCn1nc(-c2cccs2)oc1=O)NC(c1ccc(F)cc1)c1cccs1. The Labute approximate surface area is 195 Å². The van der Waals surface area contributed by atoms with Crippen LogP contribution in [0.5, 0.6) is 0 Å². The molecule has 0 fully saturated rings. The second-order valence-corrected chi connectivity index (χ2v) is 8.78. The molecule has 1 atom stereocenters. The fourth-order valence-corrected chi connectivity index (χ4v) is 4.44. The molecule has 3 aromatic heterocycles. The van der Waals surface area contributed by atoms with E-state index < -0.39 is 30.3 Å². The van der Waals surface area contributed by atoms with E-state index >= 15 is 0 Å². The summed E-state index contributed by atoms with van der Waals surface area (Å²) in [5.74, 6) is -2.04. The molecular formula is C22H18FN3O5S2. The van der Waals surface area contributed by atoms with Gasteiger partial charge in [0.05, 0.1) is 23.9 Å². The van der Waals surface area contributed by atoms with Gasteiger partial charge in [0.25, 0.3) is 11.8 Å². The maximum absolute atomic E-state index is 13.3. The highest BCUT2D eigenvalue weighted by atomic mass is 32.1. The predicted octanol–water partition coefficient (Wildman–Crippen LogP) is 3.60. The molecule has 1 amide bonds. The van der Waals surface area contributed by atoms with E-state index in [0.717, 1.165) is 9.56 Å². The number of nitrogens with zero attached hydrogens (tertiary/aromatic N) is 2. The van der Waals surface area contributed by atoms with Crippen molar-refractivity contribution in [2.75, 3.05) is 6.61 Å². The van der Waals surface area contributed by atoms with E-state index in [1.807, 2.05) is 22.9 Å². The third-order valence-electron chi connectivity index (χ3n) is 4.57.